The van der Waals surface area contributed by atoms with Gasteiger partial charge in [-0.25, -0.2) is 9.50 Å². The van der Waals surface area contributed by atoms with Gasteiger partial charge in [0, 0.05) is 12.0 Å². The molecule has 0 bridgehead atoms. The maximum absolute atomic E-state index is 5.65. The second-order valence-electron chi connectivity index (χ2n) is 4.71. The number of fused-ring (bicyclic) bond motifs is 1. The Morgan fingerprint density at radius 2 is 2.00 bits per heavy atom. The van der Waals surface area contributed by atoms with E-state index >= 15 is 0 Å². The summed E-state index contributed by atoms with van der Waals surface area (Å²) in [5.41, 5.74) is 10.0. The highest BCUT2D eigenvalue weighted by Crippen LogP contribution is 2.21. The molecule has 0 amide bonds. The molecule has 0 aliphatic heterocycles. The van der Waals surface area contributed by atoms with Crippen LogP contribution in [0.2, 0.25) is 0 Å². The van der Waals surface area contributed by atoms with E-state index in [9.17, 15) is 0 Å². The second-order valence-corrected chi connectivity index (χ2v) is 4.71. The zero-order valence-corrected chi connectivity index (χ0v) is 11.1. The van der Waals surface area contributed by atoms with Crippen LogP contribution < -0.4 is 5.73 Å². The number of H-pyrrole nitrogens is 1. The first-order chi connectivity index (χ1) is 9.20. The minimum atomic E-state index is 0.605. The fourth-order valence-corrected chi connectivity index (χ4v) is 2.36. The minimum Gasteiger partial charge on any atom is -0.330 e. The van der Waals surface area contributed by atoms with Gasteiger partial charge < -0.3 is 5.73 Å². The lowest BCUT2D eigenvalue weighted by Crippen LogP contribution is -2.06. The molecule has 3 N–H and O–H groups in total. The average Bonchev–Trinajstić information content (AvgIpc) is 2.90. The summed E-state index contributed by atoms with van der Waals surface area (Å²) < 4.78 is 1.93. The molecule has 0 atom stereocenters. The van der Waals surface area contributed by atoms with E-state index in [0.717, 1.165) is 29.2 Å². The molecule has 5 nitrogen and oxygen atoms in total. The lowest BCUT2D eigenvalue weighted by atomic mass is 10.1. The number of hydrogen-bond acceptors (Lipinski definition) is 3. The molecule has 0 unspecified atom stereocenters. The largest absolute Gasteiger partial charge is 0.330 e. The van der Waals surface area contributed by atoms with E-state index in [1.807, 2.05) is 23.6 Å². The number of benzene rings is 1. The smallest absolute Gasteiger partial charge is 0.251 e. The molecule has 2 aromatic heterocycles. The predicted molar refractivity (Wildman–Crippen MR) is 75.0 cm³/mol. The van der Waals surface area contributed by atoms with Crippen LogP contribution >= 0.6 is 0 Å². The molecule has 1 aromatic carbocycles. The summed E-state index contributed by atoms with van der Waals surface area (Å²) in [7, 11) is 0. The Hall–Kier alpha value is -2.14. The molecule has 0 spiro atoms. The van der Waals surface area contributed by atoms with Gasteiger partial charge in [0.15, 0.2) is 5.82 Å². The molecule has 3 rings (SSSR count). The normalized spacial score (nSPS) is 11.3. The number of aromatic amines is 1. The van der Waals surface area contributed by atoms with Crippen molar-refractivity contribution < 1.29 is 0 Å². The molecule has 19 heavy (non-hydrogen) atoms. The molecule has 0 saturated heterocycles. The van der Waals surface area contributed by atoms with Crippen LogP contribution in [0.3, 0.4) is 0 Å². The van der Waals surface area contributed by atoms with Crippen molar-refractivity contribution in [3.8, 4) is 11.4 Å². The quantitative estimate of drug-likeness (QED) is 0.750. The van der Waals surface area contributed by atoms with E-state index in [0.29, 0.717) is 12.3 Å². The van der Waals surface area contributed by atoms with E-state index in [4.69, 9.17) is 5.73 Å². The Labute approximate surface area is 111 Å². The van der Waals surface area contributed by atoms with Crippen molar-refractivity contribution in [2.24, 2.45) is 5.73 Å². The van der Waals surface area contributed by atoms with Crippen molar-refractivity contribution >= 4 is 5.78 Å². The van der Waals surface area contributed by atoms with Gasteiger partial charge in [-0.3, -0.25) is 5.10 Å². The molecule has 0 saturated carbocycles. The van der Waals surface area contributed by atoms with Gasteiger partial charge in [-0.15, -0.1) is 0 Å². The standard InChI is InChI=1S/C14H17N5/c1-9-5-3-4-6-11(9)13-17-14-16-10(2)12(7-8-15)19(14)18-13/h3-6H,7-8,15H2,1-2H3,(H,16,17,18). The van der Waals surface area contributed by atoms with Crippen LogP contribution in [-0.2, 0) is 6.42 Å². The summed E-state index contributed by atoms with van der Waals surface area (Å²) in [6.07, 6.45) is 0.794. The van der Waals surface area contributed by atoms with Crippen molar-refractivity contribution in [2.45, 2.75) is 20.3 Å². The molecular formula is C14H17N5. The number of aromatic nitrogens is 4. The number of aryl methyl sites for hydroxylation is 2. The summed E-state index contributed by atoms with van der Waals surface area (Å²) in [5, 5.41) is 3.31. The molecule has 0 fully saturated rings. The van der Waals surface area contributed by atoms with Gasteiger partial charge >= 0.3 is 0 Å². The lowest BCUT2D eigenvalue weighted by molar-refractivity contribution is 0.835. The molecular weight excluding hydrogens is 238 g/mol. The van der Waals surface area contributed by atoms with Crippen molar-refractivity contribution in [3.05, 3.63) is 41.2 Å². The minimum absolute atomic E-state index is 0.605. The average molecular weight is 255 g/mol. The van der Waals surface area contributed by atoms with Crippen molar-refractivity contribution in [1.82, 2.24) is 19.6 Å². The predicted octanol–water partition coefficient (Wildman–Crippen LogP) is 1.84. The van der Waals surface area contributed by atoms with Gasteiger partial charge in [-0.05, 0) is 26.0 Å². The monoisotopic (exact) mass is 255 g/mol. The second kappa shape index (κ2) is 4.51. The summed E-state index contributed by atoms with van der Waals surface area (Å²) in [4.78, 5) is 9.04. The van der Waals surface area contributed by atoms with Gasteiger partial charge in [0.25, 0.3) is 5.78 Å². The highest BCUT2D eigenvalue weighted by atomic mass is 15.3. The number of nitrogens with two attached hydrogens (primary N) is 1. The van der Waals surface area contributed by atoms with Crippen LogP contribution in [0.15, 0.2) is 24.3 Å². The van der Waals surface area contributed by atoms with Crippen molar-refractivity contribution in [2.75, 3.05) is 6.54 Å². The molecule has 0 radical (unpaired) electrons. The molecule has 2 heterocycles. The zero-order chi connectivity index (χ0) is 13.4. The first kappa shape index (κ1) is 11.9. The van der Waals surface area contributed by atoms with Crippen LogP contribution in [0.25, 0.3) is 17.2 Å². The molecule has 5 heteroatoms. The highest BCUT2D eigenvalue weighted by molar-refractivity contribution is 5.61. The lowest BCUT2D eigenvalue weighted by Gasteiger charge is -2.01. The summed E-state index contributed by atoms with van der Waals surface area (Å²) >= 11 is 0. The number of nitrogens with one attached hydrogen (secondary N) is 1. The molecule has 0 aliphatic rings. The fraction of sp³-hybridized carbons (Fsp3) is 0.286. The third kappa shape index (κ3) is 1.92. The van der Waals surface area contributed by atoms with Crippen LogP contribution in [0.4, 0.5) is 0 Å². The SMILES string of the molecule is Cc1ccccc1-c1nc2nc(C)c(CCN)n2[nH]1. The van der Waals surface area contributed by atoms with Crippen LogP contribution in [0, 0.1) is 13.8 Å². The number of nitrogens with zero attached hydrogens (tertiary/aromatic N) is 3. The Balaban J connectivity index is 2.15. The summed E-state index contributed by atoms with van der Waals surface area (Å²) in [6, 6.07) is 8.17. The van der Waals surface area contributed by atoms with E-state index < -0.39 is 0 Å². The third-order valence-corrected chi connectivity index (χ3v) is 3.37. The number of rotatable bonds is 3. The first-order valence-corrected chi connectivity index (χ1v) is 6.40. The van der Waals surface area contributed by atoms with E-state index in [2.05, 4.69) is 34.1 Å². The van der Waals surface area contributed by atoms with Gasteiger partial charge in [-0.2, -0.15) is 4.98 Å². The van der Waals surface area contributed by atoms with E-state index in [-0.39, 0.29) is 0 Å². The molecule has 0 aliphatic carbocycles. The van der Waals surface area contributed by atoms with Crippen LogP contribution in [0.1, 0.15) is 17.0 Å². The Kier molecular flexibility index (Phi) is 2.83. The molecule has 98 valence electrons. The van der Waals surface area contributed by atoms with Gasteiger partial charge in [0.1, 0.15) is 0 Å². The van der Waals surface area contributed by atoms with Crippen molar-refractivity contribution in [3.63, 3.8) is 0 Å². The first-order valence-electron chi connectivity index (χ1n) is 6.40. The van der Waals surface area contributed by atoms with Gasteiger partial charge in [-0.1, -0.05) is 24.3 Å². The molecule has 3 aromatic rings. The number of imidazole rings is 1. The van der Waals surface area contributed by atoms with E-state index in [1.165, 1.54) is 5.56 Å². The van der Waals surface area contributed by atoms with Gasteiger partial charge in [0.2, 0.25) is 0 Å². The highest BCUT2D eigenvalue weighted by Gasteiger charge is 2.13. The summed E-state index contributed by atoms with van der Waals surface area (Å²) in [6.45, 7) is 4.67. The Morgan fingerprint density at radius 3 is 2.74 bits per heavy atom. The van der Waals surface area contributed by atoms with Crippen LogP contribution in [0.5, 0.6) is 0 Å². The van der Waals surface area contributed by atoms with Gasteiger partial charge in [0.05, 0.1) is 11.4 Å². The zero-order valence-electron chi connectivity index (χ0n) is 11.1. The maximum Gasteiger partial charge on any atom is 0.251 e. The third-order valence-electron chi connectivity index (χ3n) is 3.37. The van der Waals surface area contributed by atoms with Crippen molar-refractivity contribution in [1.29, 1.82) is 0 Å². The summed E-state index contributed by atoms with van der Waals surface area (Å²) in [5.74, 6) is 1.55. The Bertz CT molecular complexity index is 723. The number of hydrogen-bond donors (Lipinski definition) is 2. The Morgan fingerprint density at radius 1 is 1.21 bits per heavy atom. The van der Waals surface area contributed by atoms with E-state index in [1.54, 1.807) is 0 Å². The fourth-order valence-electron chi connectivity index (χ4n) is 2.36. The maximum atomic E-state index is 5.65. The van der Waals surface area contributed by atoms with Crippen LogP contribution in [-0.4, -0.2) is 26.1 Å². The topological polar surface area (TPSA) is 72.0 Å².